The summed E-state index contributed by atoms with van der Waals surface area (Å²) in [6.45, 7) is 7.37. The topological polar surface area (TPSA) is 95.2 Å². The molecule has 0 aliphatic carbocycles. The van der Waals surface area contributed by atoms with Crippen LogP contribution >= 0.6 is 63.7 Å². The fraction of sp³-hybridized carbons (Fsp3) is 0.174. The Labute approximate surface area is 231 Å². The molecule has 178 valence electrons. The van der Waals surface area contributed by atoms with Crippen molar-refractivity contribution in [3.8, 4) is 0 Å². The Morgan fingerprint density at radius 3 is 1.35 bits per heavy atom. The number of urea groups is 2. The number of pyridine rings is 1. The molecule has 0 fully saturated rings. The highest BCUT2D eigenvalue weighted by Gasteiger charge is 2.15. The molecule has 2 aromatic carbocycles. The van der Waals surface area contributed by atoms with Gasteiger partial charge in [0.25, 0.3) is 0 Å². The first-order valence-electron chi connectivity index (χ1n) is 10.00. The van der Waals surface area contributed by atoms with Crippen molar-refractivity contribution in [2.24, 2.45) is 0 Å². The van der Waals surface area contributed by atoms with Crippen LogP contribution in [-0.4, -0.2) is 17.0 Å². The average Bonchev–Trinajstić information content (AvgIpc) is 2.71. The number of benzene rings is 2. The Morgan fingerprint density at radius 2 is 1.00 bits per heavy atom. The van der Waals surface area contributed by atoms with E-state index < -0.39 is 12.1 Å². The smallest absolute Gasteiger partial charge is 0.306 e. The normalized spacial score (nSPS) is 10.6. The van der Waals surface area contributed by atoms with Crippen LogP contribution in [0.4, 0.5) is 32.3 Å². The maximum Gasteiger partial charge on any atom is 0.323 e. The SMILES string of the molecule is Cc1cc(Br)cc(Br)c1NC(=O)Nc1cc(NC(=O)Nc2c(C)cc(Br)cc2Br)c(C)nc1C. The molecule has 0 bridgehead atoms. The number of aryl methyl sites for hydroxylation is 4. The molecule has 34 heavy (non-hydrogen) atoms. The van der Waals surface area contributed by atoms with Gasteiger partial charge in [-0.2, -0.15) is 0 Å². The molecule has 3 rings (SSSR count). The summed E-state index contributed by atoms with van der Waals surface area (Å²) < 4.78 is 3.31. The van der Waals surface area contributed by atoms with E-state index in [1.807, 2.05) is 38.1 Å². The molecular formula is C23H21Br4N5O2. The number of nitrogens with one attached hydrogen (secondary N) is 4. The number of carbonyl (C=O) groups is 2. The molecule has 3 aromatic rings. The highest BCUT2D eigenvalue weighted by molar-refractivity contribution is 9.11. The first kappa shape index (κ1) is 26.7. The minimum atomic E-state index is -0.426. The van der Waals surface area contributed by atoms with E-state index in [-0.39, 0.29) is 0 Å². The second kappa shape index (κ2) is 11.2. The lowest BCUT2D eigenvalue weighted by molar-refractivity contribution is 0.261. The third-order valence-corrected chi connectivity index (χ3v) is 7.05. The minimum absolute atomic E-state index is 0.426. The van der Waals surface area contributed by atoms with E-state index in [0.717, 1.165) is 29.0 Å². The number of amides is 4. The molecule has 7 nitrogen and oxygen atoms in total. The summed E-state index contributed by atoms with van der Waals surface area (Å²) in [7, 11) is 0. The zero-order chi connectivity index (χ0) is 25.2. The van der Waals surface area contributed by atoms with E-state index >= 15 is 0 Å². The third kappa shape index (κ3) is 6.59. The van der Waals surface area contributed by atoms with Gasteiger partial charge in [0.2, 0.25) is 0 Å². The van der Waals surface area contributed by atoms with E-state index in [2.05, 4.69) is 90.0 Å². The summed E-state index contributed by atoms with van der Waals surface area (Å²) in [4.78, 5) is 29.9. The zero-order valence-electron chi connectivity index (χ0n) is 18.7. The lowest BCUT2D eigenvalue weighted by atomic mass is 10.2. The Kier molecular flexibility index (Phi) is 8.77. The molecule has 0 atom stereocenters. The fourth-order valence-corrected chi connectivity index (χ4v) is 6.31. The molecule has 1 heterocycles. The van der Waals surface area contributed by atoms with Crippen LogP contribution < -0.4 is 21.3 Å². The highest BCUT2D eigenvalue weighted by Crippen LogP contribution is 2.32. The average molecular weight is 719 g/mol. The Balaban J connectivity index is 1.76. The monoisotopic (exact) mass is 715 g/mol. The van der Waals surface area contributed by atoms with Gasteiger partial charge < -0.3 is 21.3 Å². The van der Waals surface area contributed by atoms with Crippen molar-refractivity contribution >= 4 is 98.5 Å². The van der Waals surface area contributed by atoms with Gasteiger partial charge in [-0.1, -0.05) is 31.9 Å². The largest absolute Gasteiger partial charge is 0.323 e. The fourth-order valence-electron chi connectivity index (χ4n) is 3.23. The van der Waals surface area contributed by atoms with Crippen LogP contribution in [0.15, 0.2) is 48.2 Å². The van der Waals surface area contributed by atoms with Crippen LogP contribution in [0.1, 0.15) is 22.5 Å². The summed E-state index contributed by atoms with van der Waals surface area (Å²) in [6.07, 6.45) is 0. The maximum absolute atomic E-state index is 12.7. The quantitative estimate of drug-likeness (QED) is 0.218. The van der Waals surface area contributed by atoms with Crippen LogP contribution in [0.5, 0.6) is 0 Å². The van der Waals surface area contributed by atoms with Gasteiger partial charge in [-0.25, -0.2) is 9.59 Å². The number of rotatable bonds is 4. The predicted molar refractivity (Wildman–Crippen MR) is 152 cm³/mol. The van der Waals surface area contributed by atoms with Crippen molar-refractivity contribution in [1.82, 2.24) is 4.98 Å². The summed E-state index contributed by atoms with van der Waals surface area (Å²) in [5.74, 6) is 0. The van der Waals surface area contributed by atoms with Crippen LogP contribution in [-0.2, 0) is 0 Å². The molecule has 0 aliphatic rings. The van der Waals surface area contributed by atoms with Gasteiger partial charge in [-0.15, -0.1) is 0 Å². The van der Waals surface area contributed by atoms with Crippen molar-refractivity contribution in [1.29, 1.82) is 0 Å². The first-order chi connectivity index (χ1) is 15.9. The molecule has 1 aromatic heterocycles. The molecule has 4 N–H and O–H groups in total. The van der Waals surface area contributed by atoms with Crippen LogP contribution in [0, 0.1) is 27.7 Å². The standard InChI is InChI=1S/C23H21Br4N5O2/c1-10-5-14(24)7-16(26)20(10)31-22(33)29-18-9-19(13(4)28-12(18)3)30-23(34)32-21-11(2)6-15(25)8-17(21)27/h5-9H,1-4H3,(H2,29,31,33)(H2,30,32,34). The van der Waals surface area contributed by atoms with Gasteiger partial charge in [-0.3, -0.25) is 4.98 Å². The van der Waals surface area contributed by atoms with Gasteiger partial charge in [0, 0.05) is 17.9 Å². The molecule has 0 saturated carbocycles. The van der Waals surface area contributed by atoms with Crippen LogP contribution in [0.3, 0.4) is 0 Å². The van der Waals surface area contributed by atoms with Gasteiger partial charge in [-0.05, 0) is 101 Å². The summed E-state index contributed by atoms with van der Waals surface area (Å²) in [5, 5.41) is 11.3. The van der Waals surface area contributed by atoms with E-state index in [0.29, 0.717) is 34.1 Å². The molecule has 0 radical (unpaired) electrons. The van der Waals surface area contributed by atoms with Gasteiger partial charge >= 0.3 is 12.1 Å². The van der Waals surface area contributed by atoms with Gasteiger partial charge in [0.1, 0.15) is 0 Å². The van der Waals surface area contributed by atoms with Crippen molar-refractivity contribution in [3.63, 3.8) is 0 Å². The summed E-state index contributed by atoms with van der Waals surface area (Å²) in [6, 6.07) is 8.36. The lowest BCUT2D eigenvalue weighted by Crippen LogP contribution is -2.23. The number of carbonyl (C=O) groups excluding carboxylic acids is 2. The van der Waals surface area contributed by atoms with Crippen molar-refractivity contribution in [2.45, 2.75) is 27.7 Å². The van der Waals surface area contributed by atoms with E-state index in [1.165, 1.54) is 0 Å². The Morgan fingerprint density at radius 1 is 0.618 bits per heavy atom. The first-order valence-corrected chi connectivity index (χ1v) is 13.2. The summed E-state index contributed by atoms with van der Waals surface area (Å²) in [5.41, 5.74) is 5.30. The van der Waals surface area contributed by atoms with E-state index in [1.54, 1.807) is 19.9 Å². The van der Waals surface area contributed by atoms with E-state index in [4.69, 9.17) is 0 Å². The number of hydrogen-bond acceptors (Lipinski definition) is 3. The molecule has 0 spiro atoms. The third-order valence-electron chi connectivity index (χ3n) is 4.88. The van der Waals surface area contributed by atoms with Gasteiger partial charge in [0.05, 0.1) is 34.1 Å². The predicted octanol–water partition coefficient (Wildman–Crippen LogP) is 8.65. The maximum atomic E-state index is 12.7. The highest BCUT2D eigenvalue weighted by atomic mass is 79.9. The second-order valence-electron chi connectivity index (χ2n) is 7.57. The van der Waals surface area contributed by atoms with E-state index in [9.17, 15) is 9.59 Å². The van der Waals surface area contributed by atoms with Crippen LogP contribution in [0.2, 0.25) is 0 Å². The van der Waals surface area contributed by atoms with Crippen LogP contribution in [0.25, 0.3) is 0 Å². The Bertz CT molecular complexity index is 1160. The zero-order valence-corrected chi connectivity index (χ0v) is 25.0. The number of anilines is 4. The van der Waals surface area contributed by atoms with Crippen molar-refractivity contribution in [2.75, 3.05) is 21.3 Å². The molecule has 11 heteroatoms. The van der Waals surface area contributed by atoms with Crippen molar-refractivity contribution < 1.29 is 9.59 Å². The molecule has 4 amide bonds. The molecule has 0 unspecified atom stereocenters. The number of hydrogen-bond donors (Lipinski definition) is 4. The lowest BCUT2D eigenvalue weighted by Gasteiger charge is -2.16. The summed E-state index contributed by atoms with van der Waals surface area (Å²) >= 11 is 13.8. The Hall–Kier alpha value is -1.95. The molecule has 0 saturated heterocycles. The minimum Gasteiger partial charge on any atom is -0.306 e. The molecular weight excluding hydrogens is 698 g/mol. The number of aromatic nitrogens is 1. The number of nitrogens with zero attached hydrogens (tertiary/aromatic N) is 1. The second-order valence-corrected chi connectivity index (χ2v) is 11.1. The van der Waals surface area contributed by atoms with Gasteiger partial charge in [0.15, 0.2) is 0 Å². The molecule has 0 aliphatic heterocycles. The number of halogens is 4. The van der Waals surface area contributed by atoms with Crippen molar-refractivity contribution in [3.05, 3.63) is 70.7 Å².